The van der Waals surface area contributed by atoms with E-state index in [9.17, 15) is 36.0 Å². The monoisotopic (exact) mass is 548 g/mol. The number of rotatable bonds is 10. The zero-order valence-corrected chi connectivity index (χ0v) is 20.2. The van der Waals surface area contributed by atoms with Crippen molar-refractivity contribution in [1.82, 2.24) is 15.5 Å². The van der Waals surface area contributed by atoms with Crippen molar-refractivity contribution in [1.29, 1.82) is 5.41 Å². The Balaban J connectivity index is 2.39. The van der Waals surface area contributed by atoms with E-state index in [1.54, 1.807) is 13.0 Å². The largest absolute Gasteiger partial charge is 0.493 e. The van der Waals surface area contributed by atoms with Crippen molar-refractivity contribution < 1.29 is 40.9 Å². The number of amides is 1. The van der Waals surface area contributed by atoms with Crippen LogP contribution < -0.4 is 31.6 Å². The van der Waals surface area contributed by atoms with Crippen LogP contribution in [0.25, 0.3) is 0 Å². The summed E-state index contributed by atoms with van der Waals surface area (Å²) in [6.45, 7) is 2.53. The Bertz CT molecular complexity index is 1340. The summed E-state index contributed by atoms with van der Waals surface area (Å²) in [5.74, 6) is -5.42. The SMILES string of the molecule is Cc1cccc(S(=O)(=O)Nc2ccc(C(C)C(=O)NCCONC(=N)N)n(OC(=O)C(F)(F)F)c2=O)c1. The highest BCUT2D eigenvalue weighted by Crippen LogP contribution is 2.20. The van der Waals surface area contributed by atoms with Crippen molar-refractivity contribution in [2.24, 2.45) is 5.73 Å². The third kappa shape index (κ3) is 7.94. The first kappa shape index (κ1) is 29.1. The summed E-state index contributed by atoms with van der Waals surface area (Å²) >= 11 is 0. The van der Waals surface area contributed by atoms with Crippen molar-refractivity contribution in [2.45, 2.75) is 30.8 Å². The summed E-state index contributed by atoms with van der Waals surface area (Å²) in [4.78, 5) is 45.6. The number of anilines is 1. The standard InChI is InChI=1S/C20H23F3N6O7S/c1-11-4-3-5-13(10-11)37(33,34)28-14-6-7-15(29(17(14)31)36-18(32)20(21,22)23)12(2)16(30)26-8-9-35-27-19(24)25/h3-7,10,12,28H,8-9H2,1-2H3,(H,26,30)(H4,24,25,27). The lowest BCUT2D eigenvalue weighted by molar-refractivity contribution is -0.200. The Morgan fingerprint density at radius 1 is 1.22 bits per heavy atom. The van der Waals surface area contributed by atoms with E-state index >= 15 is 0 Å². The van der Waals surface area contributed by atoms with Gasteiger partial charge in [-0.1, -0.05) is 12.1 Å². The number of guanidine groups is 1. The normalized spacial score (nSPS) is 12.4. The van der Waals surface area contributed by atoms with Crippen molar-refractivity contribution in [3.63, 3.8) is 0 Å². The van der Waals surface area contributed by atoms with Crippen LogP contribution in [0.15, 0.2) is 46.1 Å². The number of aromatic nitrogens is 1. The smallest absolute Gasteiger partial charge is 0.368 e. The molecule has 1 amide bonds. The second-order valence-electron chi connectivity index (χ2n) is 7.45. The maximum absolute atomic E-state index is 12.9. The van der Waals surface area contributed by atoms with E-state index < -0.39 is 56.9 Å². The number of benzene rings is 1. The highest BCUT2D eigenvalue weighted by atomic mass is 32.2. The number of hydroxylamine groups is 1. The van der Waals surface area contributed by atoms with Crippen LogP contribution >= 0.6 is 0 Å². The van der Waals surface area contributed by atoms with Crippen molar-refractivity contribution >= 4 is 33.5 Å². The number of alkyl halides is 3. The molecule has 0 saturated carbocycles. The Morgan fingerprint density at radius 2 is 1.89 bits per heavy atom. The second kappa shape index (κ2) is 11.7. The number of carbonyl (C=O) groups is 2. The number of aryl methyl sites for hydroxylation is 1. The molecule has 1 aromatic heterocycles. The molecule has 0 fully saturated rings. The Kier molecular flexibility index (Phi) is 9.24. The average Bonchev–Trinajstić information content (AvgIpc) is 2.80. The number of halogens is 3. The summed E-state index contributed by atoms with van der Waals surface area (Å²) < 4.78 is 65.8. The summed E-state index contributed by atoms with van der Waals surface area (Å²) in [6, 6.07) is 7.46. The van der Waals surface area contributed by atoms with Crippen molar-refractivity contribution in [3.05, 3.63) is 58.0 Å². The van der Waals surface area contributed by atoms with Crippen molar-refractivity contribution in [3.8, 4) is 0 Å². The van der Waals surface area contributed by atoms with Crippen LogP contribution in [0.2, 0.25) is 0 Å². The summed E-state index contributed by atoms with van der Waals surface area (Å²) in [6.07, 6.45) is -5.50. The van der Waals surface area contributed by atoms with Gasteiger partial charge in [0.25, 0.3) is 10.0 Å². The van der Waals surface area contributed by atoms with E-state index in [0.717, 1.165) is 12.1 Å². The predicted octanol–water partition coefficient (Wildman–Crippen LogP) is 0.109. The van der Waals surface area contributed by atoms with Gasteiger partial charge in [-0.05, 0) is 43.7 Å². The number of nitrogens with one attached hydrogen (secondary N) is 4. The van der Waals surface area contributed by atoms with Gasteiger partial charge in [-0.3, -0.25) is 24.6 Å². The molecule has 0 radical (unpaired) electrons. The van der Waals surface area contributed by atoms with E-state index in [1.165, 1.54) is 25.1 Å². The van der Waals surface area contributed by atoms with Gasteiger partial charge in [0.15, 0.2) is 0 Å². The number of nitrogens with zero attached hydrogens (tertiary/aromatic N) is 1. The van der Waals surface area contributed by atoms with Gasteiger partial charge in [0, 0.05) is 6.54 Å². The molecule has 0 aliphatic carbocycles. The maximum atomic E-state index is 12.9. The van der Waals surface area contributed by atoms with Crippen LogP contribution in [0.5, 0.6) is 0 Å². The number of hydrogen-bond acceptors (Lipinski definition) is 8. The van der Waals surface area contributed by atoms with E-state index in [2.05, 4.69) is 10.2 Å². The molecular weight excluding hydrogens is 525 g/mol. The second-order valence-corrected chi connectivity index (χ2v) is 9.13. The van der Waals surface area contributed by atoms with Crippen LogP contribution in [-0.4, -0.2) is 50.3 Å². The number of carbonyl (C=O) groups excluding carboxylic acids is 2. The van der Waals surface area contributed by atoms with Gasteiger partial charge in [0.05, 0.1) is 23.1 Å². The molecule has 37 heavy (non-hydrogen) atoms. The molecule has 0 bridgehead atoms. The molecule has 0 spiro atoms. The molecule has 0 aliphatic heterocycles. The minimum absolute atomic E-state index is 0.0953. The number of nitrogens with two attached hydrogens (primary N) is 1. The summed E-state index contributed by atoms with van der Waals surface area (Å²) in [5, 5.41) is 9.29. The van der Waals surface area contributed by atoms with Crippen LogP contribution in [0.4, 0.5) is 18.9 Å². The van der Waals surface area contributed by atoms with Gasteiger partial charge < -0.3 is 15.9 Å². The van der Waals surface area contributed by atoms with E-state index in [1.807, 2.05) is 10.2 Å². The third-order valence-electron chi connectivity index (χ3n) is 4.54. The summed E-state index contributed by atoms with van der Waals surface area (Å²) in [7, 11) is -4.35. The number of sulfonamides is 1. The molecule has 1 unspecified atom stereocenters. The van der Waals surface area contributed by atoms with Crippen molar-refractivity contribution in [2.75, 3.05) is 17.9 Å². The van der Waals surface area contributed by atoms with Gasteiger partial charge in [-0.25, -0.2) is 18.7 Å². The van der Waals surface area contributed by atoms with Crippen LogP contribution in [0.1, 0.15) is 24.1 Å². The molecule has 6 N–H and O–H groups in total. The molecule has 1 heterocycles. The molecule has 0 saturated heterocycles. The molecule has 13 nitrogen and oxygen atoms in total. The zero-order chi connectivity index (χ0) is 28.0. The van der Waals surface area contributed by atoms with E-state index in [-0.39, 0.29) is 22.8 Å². The average molecular weight is 549 g/mol. The topological polar surface area (TPSA) is 195 Å². The fourth-order valence-corrected chi connectivity index (χ4v) is 3.95. The first-order valence-corrected chi connectivity index (χ1v) is 11.8. The fraction of sp³-hybridized carbons (Fsp3) is 0.300. The lowest BCUT2D eigenvalue weighted by Gasteiger charge is -2.19. The fourth-order valence-electron chi connectivity index (χ4n) is 2.79. The highest BCUT2D eigenvalue weighted by molar-refractivity contribution is 7.92. The molecule has 17 heteroatoms. The molecule has 2 rings (SSSR count). The first-order valence-electron chi connectivity index (χ1n) is 10.3. The molecule has 2 aromatic rings. The van der Waals surface area contributed by atoms with Gasteiger partial charge in [-0.2, -0.15) is 13.2 Å². The minimum atomic E-state index is -5.50. The van der Waals surface area contributed by atoms with Gasteiger partial charge >= 0.3 is 17.7 Å². The molecule has 202 valence electrons. The van der Waals surface area contributed by atoms with E-state index in [0.29, 0.717) is 5.56 Å². The van der Waals surface area contributed by atoms with E-state index in [4.69, 9.17) is 16.0 Å². The molecule has 0 aliphatic rings. The lowest BCUT2D eigenvalue weighted by atomic mass is 10.1. The lowest BCUT2D eigenvalue weighted by Crippen LogP contribution is -2.42. The van der Waals surface area contributed by atoms with Crippen LogP contribution in [0, 0.1) is 12.3 Å². The summed E-state index contributed by atoms with van der Waals surface area (Å²) in [5.41, 5.74) is 4.91. The first-order chi connectivity index (χ1) is 17.1. The molecular formula is C20H23F3N6O7S. The van der Waals surface area contributed by atoms with Crippen LogP contribution in [0.3, 0.4) is 0 Å². The Hall–Kier alpha value is -4.12. The minimum Gasteiger partial charge on any atom is -0.368 e. The highest BCUT2D eigenvalue weighted by Gasteiger charge is 2.43. The zero-order valence-electron chi connectivity index (χ0n) is 19.4. The van der Waals surface area contributed by atoms with Gasteiger partial charge in [0.1, 0.15) is 5.69 Å². The Labute approximate surface area is 208 Å². The third-order valence-corrected chi connectivity index (χ3v) is 5.91. The quantitative estimate of drug-likeness (QED) is 0.118. The number of pyridine rings is 1. The van der Waals surface area contributed by atoms with Gasteiger partial charge in [-0.15, -0.1) is 4.73 Å². The predicted molar refractivity (Wildman–Crippen MR) is 123 cm³/mol. The Morgan fingerprint density at radius 3 is 2.49 bits per heavy atom. The van der Waals surface area contributed by atoms with Gasteiger partial charge in [0.2, 0.25) is 11.9 Å². The maximum Gasteiger partial charge on any atom is 0.493 e. The molecule has 1 aromatic carbocycles. The van der Waals surface area contributed by atoms with Crippen LogP contribution in [-0.2, 0) is 24.4 Å². The number of hydrogen-bond donors (Lipinski definition) is 5. The molecule has 1 atom stereocenters.